The van der Waals surface area contributed by atoms with Crippen molar-refractivity contribution in [2.45, 2.75) is 0 Å². The van der Waals surface area contributed by atoms with Crippen LogP contribution >= 0.6 is 34.8 Å². The van der Waals surface area contributed by atoms with Crippen LogP contribution in [-0.2, 0) is 0 Å². The fourth-order valence-electron chi connectivity index (χ4n) is 1.57. The van der Waals surface area contributed by atoms with Crippen LogP contribution in [0.4, 0.5) is 5.69 Å². The number of aromatic amines is 1. The van der Waals surface area contributed by atoms with Gasteiger partial charge in [0.25, 0.3) is 10.8 Å². The summed E-state index contributed by atoms with van der Waals surface area (Å²) in [4.78, 5) is 14.5. The van der Waals surface area contributed by atoms with Crippen molar-refractivity contribution < 1.29 is 20.0 Å². The molecule has 0 fully saturated rings. The molecule has 2 aromatic rings. The average molecular weight is 377 g/mol. The minimum absolute atomic E-state index is 0.0105. The van der Waals surface area contributed by atoms with E-state index in [0.29, 0.717) is 5.56 Å². The number of nitrogens with zero attached hydrogens (tertiary/aromatic N) is 1. The quantitative estimate of drug-likeness (QED) is 0.284. The fourth-order valence-corrected chi connectivity index (χ4v) is 2.18. The van der Waals surface area contributed by atoms with E-state index in [4.69, 9.17) is 40.5 Å². The van der Waals surface area contributed by atoms with Crippen molar-refractivity contribution in [3.63, 3.8) is 0 Å². The predicted molar refractivity (Wildman–Crippen MR) is 87.3 cm³/mol. The highest BCUT2D eigenvalue weighted by Gasteiger charge is 2.25. The van der Waals surface area contributed by atoms with Crippen LogP contribution in [0.1, 0.15) is 16.1 Å². The number of H-pyrrole nitrogens is 1. The Morgan fingerprint density at radius 1 is 1.22 bits per heavy atom. The highest BCUT2D eigenvalue weighted by molar-refractivity contribution is 6.45. The molecule has 0 radical (unpaired) electrons. The molecule has 0 saturated heterocycles. The Labute approximate surface area is 145 Å². The van der Waals surface area contributed by atoms with Gasteiger partial charge in [0.05, 0.1) is 11.9 Å². The van der Waals surface area contributed by atoms with Crippen LogP contribution in [0.5, 0.6) is 11.5 Å². The maximum atomic E-state index is 12.0. The van der Waals surface area contributed by atoms with Gasteiger partial charge in [0.1, 0.15) is 10.0 Å². The molecule has 0 bridgehead atoms. The lowest BCUT2D eigenvalue weighted by atomic mass is 10.2. The molecule has 1 aromatic carbocycles. The number of benzene rings is 1. The molecule has 0 spiro atoms. The molecular weight excluding hydrogens is 367 g/mol. The molecule has 1 amide bonds. The molecule has 6 N–H and O–H groups in total. The normalized spacial score (nSPS) is 10.9. The Balaban J connectivity index is 2.17. The zero-order valence-corrected chi connectivity index (χ0v) is 13.5. The van der Waals surface area contributed by atoms with Gasteiger partial charge in [-0.15, -0.1) is 0 Å². The second-order valence-corrected chi connectivity index (χ2v) is 5.44. The smallest absolute Gasteiger partial charge is 0.337 e. The van der Waals surface area contributed by atoms with Crippen molar-refractivity contribution >= 4 is 52.6 Å². The van der Waals surface area contributed by atoms with Crippen molar-refractivity contribution in [1.82, 2.24) is 5.43 Å². The first-order valence-corrected chi connectivity index (χ1v) is 7.15. The Morgan fingerprint density at radius 2 is 1.91 bits per heavy atom. The van der Waals surface area contributed by atoms with Crippen LogP contribution in [0.3, 0.4) is 0 Å². The number of amides is 1. The number of rotatable bonds is 3. The number of pyridine rings is 1. The van der Waals surface area contributed by atoms with E-state index in [1.54, 1.807) is 0 Å². The maximum absolute atomic E-state index is 12.0. The number of nitrogen functional groups attached to an aromatic ring is 1. The number of carbonyl (C=O) groups excluding carboxylic acids is 1. The van der Waals surface area contributed by atoms with Crippen LogP contribution in [0.15, 0.2) is 23.3 Å². The molecule has 0 aliphatic heterocycles. The minimum Gasteiger partial charge on any atom is -0.504 e. The van der Waals surface area contributed by atoms with Crippen LogP contribution in [-0.4, -0.2) is 22.3 Å². The monoisotopic (exact) mass is 375 g/mol. The highest BCUT2D eigenvalue weighted by Crippen LogP contribution is 2.31. The molecular formula is C13H10Cl3N4O3+. The van der Waals surface area contributed by atoms with Gasteiger partial charge in [0.15, 0.2) is 11.5 Å². The third-order valence-corrected chi connectivity index (χ3v) is 3.89. The van der Waals surface area contributed by atoms with Gasteiger partial charge in [-0.3, -0.25) is 4.79 Å². The van der Waals surface area contributed by atoms with Crippen molar-refractivity contribution in [1.29, 1.82) is 0 Å². The number of aromatic nitrogens is 1. The lowest BCUT2D eigenvalue weighted by molar-refractivity contribution is -0.379. The van der Waals surface area contributed by atoms with E-state index >= 15 is 0 Å². The molecule has 0 aliphatic carbocycles. The summed E-state index contributed by atoms with van der Waals surface area (Å²) < 4.78 is 0. The second-order valence-electron chi connectivity index (χ2n) is 4.30. The Bertz CT molecular complexity index is 812. The number of hydrogen-bond acceptors (Lipinski definition) is 5. The third-order valence-electron chi connectivity index (χ3n) is 2.73. The summed E-state index contributed by atoms with van der Waals surface area (Å²) in [5.41, 5.74) is 8.15. The zero-order valence-electron chi connectivity index (χ0n) is 11.3. The zero-order chi connectivity index (χ0) is 17.1. The van der Waals surface area contributed by atoms with Gasteiger partial charge in [-0.2, -0.15) is 10.1 Å². The molecule has 23 heavy (non-hydrogen) atoms. The first-order valence-electron chi connectivity index (χ1n) is 6.02. The summed E-state index contributed by atoms with van der Waals surface area (Å²) in [6, 6.07) is 4.03. The summed E-state index contributed by atoms with van der Waals surface area (Å²) in [6.07, 6.45) is 1.26. The number of nitrogens with one attached hydrogen (secondary N) is 2. The average Bonchev–Trinajstić information content (AvgIpc) is 2.52. The van der Waals surface area contributed by atoms with Crippen molar-refractivity contribution in [3.8, 4) is 11.5 Å². The predicted octanol–water partition coefficient (Wildman–Crippen LogP) is 2.22. The van der Waals surface area contributed by atoms with Gasteiger partial charge < -0.3 is 15.9 Å². The largest absolute Gasteiger partial charge is 0.504 e. The van der Waals surface area contributed by atoms with E-state index in [2.05, 4.69) is 15.5 Å². The second kappa shape index (κ2) is 6.91. The van der Waals surface area contributed by atoms with Gasteiger partial charge in [0, 0.05) is 0 Å². The third kappa shape index (κ3) is 3.76. The SMILES string of the molecule is Nc1c(Cl)c(Cl)[nH+]c(C(=O)N/N=C/c2ccc(O)c(O)c2)c1Cl. The van der Waals surface area contributed by atoms with Crippen molar-refractivity contribution in [2.75, 3.05) is 5.73 Å². The van der Waals surface area contributed by atoms with Gasteiger partial charge in [-0.1, -0.05) is 23.2 Å². The van der Waals surface area contributed by atoms with E-state index in [1.807, 2.05) is 0 Å². The Kier molecular flexibility index (Phi) is 5.15. The minimum atomic E-state index is -0.695. The lowest BCUT2D eigenvalue weighted by Gasteiger charge is -2.02. The van der Waals surface area contributed by atoms with Crippen LogP contribution < -0.4 is 16.1 Å². The topological polar surface area (TPSA) is 122 Å². The number of phenols is 2. The number of halogens is 3. The number of carbonyl (C=O) groups is 1. The fraction of sp³-hybridized carbons (Fsp3) is 0. The number of hydrazone groups is 1. The van der Waals surface area contributed by atoms with Gasteiger partial charge in [0.2, 0.25) is 0 Å². The Hall–Kier alpha value is -2.22. The van der Waals surface area contributed by atoms with Crippen LogP contribution in [0.2, 0.25) is 15.2 Å². The highest BCUT2D eigenvalue weighted by atomic mass is 35.5. The summed E-state index contributed by atoms with van der Waals surface area (Å²) in [5, 5.41) is 22.1. The summed E-state index contributed by atoms with van der Waals surface area (Å²) >= 11 is 17.5. The molecule has 0 atom stereocenters. The lowest BCUT2D eigenvalue weighted by Crippen LogP contribution is -2.28. The maximum Gasteiger partial charge on any atom is 0.337 e. The van der Waals surface area contributed by atoms with Crippen LogP contribution in [0, 0.1) is 0 Å². The molecule has 1 heterocycles. The van der Waals surface area contributed by atoms with E-state index < -0.39 is 5.91 Å². The van der Waals surface area contributed by atoms with E-state index in [9.17, 15) is 15.0 Å². The molecule has 0 unspecified atom stereocenters. The Morgan fingerprint density at radius 3 is 2.57 bits per heavy atom. The van der Waals surface area contributed by atoms with Gasteiger partial charge >= 0.3 is 5.91 Å². The summed E-state index contributed by atoms with van der Waals surface area (Å²) in [7, 11) is 0. The number of phenolic OH excluding ortho intramolecular Hbond substituents is 2. The molecule has 120 valence electrons. The number of hydrogen-bond donors (Lipinski definition) is 4. The van der Waals surface area contributed by atoms with Crippen molar-refractivity contribution in [3.05, 3.63) is 44.7 Å². The molecule has 0 saturated carbocycles. The van der Waals surface area contributed by atoms with Crippen LogP contribution in [0.25, 0.3) is 0 Å². The summed E-state index contributed by atoms with van der Waals surface area (Å²) in [6.45, 7) is 0. The number of nitrogens with two attached hydrogens (primary N) is 1. The summed E-state index contributed by atoms with van der Waals surface area (Å²) in [5.74, 6) is -1.27. The first kappa shape index (κ1) is 17.1. The molecule has 1 aromatic heterocycles. The van der Waals surface area contributed by atoms with E-state index in [-0.39, 0.29) is 38.1 Å². The van der Waals surface area contributed by atoms with E-state index in [1.165, 1.54) is 24.4 Å². The van der Waals surface area contributed by atoms with Gasteiger partial charge in [-0.25, -0.2) is 5.43 Å². The molecule has 2 rings (SSSR count). The number of aromatic hydroxyl groups is 2. The first-order chi connectivity index (χ1) is 10.8. The van der Waals surface area contributed by atoms with Gasteiger partial charge in [-0.05, 0) is 35.4 Å². The molecule has 0 aliphatic rings. The molecule has 10 heteroatoms. The number of anilines is 1. The molecule has 7 nitrogen and oxygen atoms in total. The standard InChI is InChI=1S/C13H9Cl3N4O3/c14-8-10(17)9(15)12(16)19-11(8)13(23)20-18-4-5-1-2-6(21)7(22)3-5/h1-4,21-22H,(H2,17,19)(H,20,23)/p+1/b18-4+. The van der Waals surface area contributed by atoms with E-state index in [0.717, 1.165) is 0 Å². The van der Waals surface area contributed by atoms with Crippen molar-refractivity contribution in [2.24, 2.45) is 5.10 Å².